The van der Waals surface area contributed by atoms with Crippen molar-refractivity contribution in [1.82, 2.24) is 14.8 Å². The van der Waals surface area contributed by atoms with Crippen molar-refractivity contribution in [3.05, 3.63) is 23.3 Å². The Hall–Kier alpha value is -1.66. The summed E-state index contributed by atoms with van der Waals surface area (Å²) in [5.74, 6) is 0.0456. The van der Waals surface area contributed by atoms with Crippen LogP contribution in [0.15, 0.2) is 18.5 Å². The van der Waals surface area contributed by atoms with Gasteiger partial charge in [0, 0.05) is 43.5 Å². The largest absolute Gasteiger partial charge is 0.397 e. The lowest BCUT2D eigenvalue weighted by atomic mass is 10.1. The van der Waals surface area contributed by atoms with Crippen molar-refractivity contribution in [3.8, 4) is 0 Å². The highest BCUT2D eigenvalue weighted by Gasteiger charge is 2.29. The van der Waals surface area contributed by atoms with Crippen LogP contribution in [0.3, 0.4) is 0 Å². The Labute approximate surface area is 122 Å². The van der Waals surface area contributed by atoms with Gasteiger partial charge in [-0.1, -0.05) is 0 Å². The Bertz CT molecular complexity index is 654. The second-order valence-electron chi connectivity index (χ2n) is 5.33. The topological polar surface area (TPSA) is 62.5 Å². The molecule has 20 heavy (non-hydrogen) atoms. The van der Waals surface area contributed by atoms with Crippen molar-refractivity contribution in [2.75, 3.05) is 32.4 Å². The molecule has 1 atom stereocenters. The fraction of sp³-hybridized carbons (Fsp3) is 0.429. The van der Waals surface area contributed by atoms with Gasteiger partial charge in [-0.2, -0.15) is 0 Å². The number of nitrogens with zero attached hydrogens (tertiary/aromatic N) is 3. The number of hydrogen-bond acceptors (Lipinski definition) is 5. The van der Waals surface area contributed by atoms with E-state index in [1.165, 1.54) is 11.3 Å². The van der Waals surface area contributed by atoms with E-state index >= 15 is 0 Å². The number of amides is 1. The van der Waals surface area contributed by atoms with Gasteiger partial charge in [-0.15, -0.1) is 11.3 Å². The lowest BCUT2D eigenvalue weighted by Gasteiger charge is -2.38. The molecule has 1 unspecified atom stereocenters. The molecule has 0 radical (unpaired) electrons. The molecule has 0 aliphatic carbocycles. The SMILES string of the molecule is CC1CN(C)CCN1C(=O)c1sc2cnccc2c1N. The van der Waals surface area contributed by atoms with Crippen LogP contribution in [0.4, 0.5) is 5.69 Å². The van der Waals surface area contributed by atoms with Crippen molar-refractivity contribution < 1.29 is 4.79 Å². The normalized spacial score (nSPS) is 20.5. The van der Waals surface area contributed by atoms with E-state index in [1.54, 1.807) is 12.4 Å². The van der Waals surface area contributed by atoms with Crippen LogP contribution in [-0.2, 0) is 0 Å². The number of anilines is 1. The molecule has 106 valence electrons. The standard InChI is InChI=1S/C14H18N4OS/c1-9-8-17(2)5-6-18(9)14(19)13-12(15)10-3-4-16-7-11(10)20-13/h3-4,7,9H,5-6,8,15H2,1-2H3. The maximum Gasteiger partial charge on any atom is 0.266 e. The Morgan fingerprint density at radius 3 is 3.00 bits per heavy atom. The lowest BCUT2D eigenvalue weighted by Crippen LogP contribution is -2.52. The molecule has 1 amide bonds. The van der Waals surface area contributed by atoms with Gasteiger partial charge >= 0.3 is 0 Å². The summed E-state index contributed by atoms with van der Waals surface area (Å²) < 4.78 is 0.968. The minimum Gasteiger partial charge on any atom is -0.397 e. The predicted molar refractivity (Wildman–Crippen MR) is 82.0 cm³/mol. The molecule has 3 heterocycles. The molecule has 1 fully saturated rings. The molecule has 1 aliphatic rings. The third-order valence-corrected chi connectivity index (χ3v) is 4.96. The molecule has 0 saturated carbocycles. The highest BCUT2D eigenvalue weighted by Crippen LogP contribution is 2.34. The number of carbonyl (C=O) groups is 1. The van der Waals surface area contributed by atoms with Crippen molar-refractivity contribution in [2.24, 2.45) is 0 Å². The first kappa shape index (κ1) is 13.3. The molecule has 1 aliphatic heterocycles. The lowest BCUT2D eigenvalue weighted by molar-refractivity contribution is 0.0539. The van der Waals surface area contributed by atoms with Crippen LogP contribution in [0.25, 0.3) is 10.1 Å². The van der Waals surface area contributed by atoms with E-state index in [2.05, 4.69) is 23.9 Å². The second-order valence-corrected chi connectivity index (χ2v) is 6.38. The highest BCUT2D eigenvalue weighted by molar-refractivity contribution is 7.21. The minimum absolute atomic E-state index is 0.0456. The third-order valence-electron chi connectivity index (χ3n) is 3.82. The number of piperazine rings is 1. The Balaban J connectivity index is 1.94. The van der Waals surface area contributed by atoms with E-state index in [1.807, 2.05) is 11.0 Å². The summed E-state index contributed by atoms with van der Waals surface area (Å²) in [6.07, 6.45) is 3.47. The van der Waals surface area contributed by atoms with Crippen molar-refractivity contribution in [2.45, 2.75) is 13.0 Å². The number of pyridine rings is 1. The first-order chi connectivity index (χ1) is 9.58. The molecule has 1 saturated heterocycles. The van der Waals surface area contributed by atoms with Crippen LogP contribution in [0.2, 0.25) is 0 Å². The smallest absolute Gasteiger partial charge is 0.266 e. The van der Waals surface area contributed by atoms with Gasteiger partial charge < -0.3 is 15.5 Å². The fourth-order valence-corrected chi connectivity index (χ4v) is 3.75. The number of fused-ring (bicyclic) bond motifs is 1. The number of aromatic nitrogens is 1. The summed E-state index contributed by atoms with van der Waals surface area (Å²) in [6.45, 7) is 4.64. The average Bonchev–Trinajstić information content (AvgIpc) is 2.76. The summed E-state index contributed by atoms with van der Waals surface area (Å²) >= 11 is 1.44. The summed E-state index contributed by atoms with van der Waals surface area (Å²) in [7, 11) is 2.08. The summed E-state index contributed by atoms with van der Waals surface area (Å²) in [5, 5.41) is 0.926. The third kappa shape index (κ3) is 2.14. The van der Waals surface area contributed by atoms with E-state index in [0.717, 1.165) is 29.7 Å². The van der Waals surface area contributed by atoms with Gasteiger partial charge in [-0.3, -0.25) is 9.78 Å². The van der Waals surface area contributed by atoms with E-state index in [0.29, 0.717) is 10.6 Å². The molecule has 3 rings (SSSR count). The molecule has 2 aromatic heterocycles. The van der Waals surface area contributed by atoms with E-state index in [9.17, 15) is 4.79 Å². The molecular formula is C14H18N4OS. The Morgan fingerprint density at radius 1 is 1.50 bits per heavy atom. The van der Waals surface area contributed by atoms with Crippen molar-refractivity contribution in [3.63, 3.8) is 0 Å². The minimum atomic E-state index is 0.0456. The highest BCUT2D eigenvalue weighted by atomic mass is 32.1. The zero-order valence-corrected chi connectivity index (χ0v) is 12.5. The quantitative estimate of drug-likeness (QED) is 0.867. The average molecular weight is 290 g/mol. The molecule has 2 aromatic rings. The number of thiophene rings is 1. The van der Waals surface area contributed by atoms with Crippen LogP contribution in [0.5, 0.6) is 0 Å². The molecule has 0 bridgehead atoms. The van der Waals surface area contributed by atoms with Crippen LogP contribution in [0, 0.1) is 0 Å². The monoisotopic (exact) mass is 290 g/mol. The summed E-state index contributed by atoms with van der Waals surface area (Å²) in [5.41, 5.74) is 6.73. The van der Waals surface area contributed by atoms with Gasteiger partial charge in [0.25, 0.3) is 5.91 Å². The second kappa shape index (κ2) is 5.03. The first-order valence-electron chi connectivity index (χ1n) is 6.69. The zero-order valence-electron chi connectivity index (χ0n) is 11.7. The van der Waals surface area contributed by atoms with Crippen LogP contribution in [0.1, 0.15) is 16.6 Å². The number of nitrogen functional groups attached to an aromatic ring is 1. The van der Waals surface area contributed by atoms with Gasteiger partial charge in [0.15, 0.2) is 0 Å². The number of carbonyl (C=O) groups excluding carboxylic acids is 1. The van der Waals surface area contributed by atoms with E-state index in [4.69, 9.17) is 5.73 Å². The van der Waals surface area contributed by atoms with E-state index < -0.39 is 0 Å². The van der Waals surface area contributed by atoms with Gasteiger partial charge in [0.2, 0.25) is 0 Å². The maximum absolute atomic E-state index is 12.7. The van der Waals surface area contributed by atoms with Gasteiger partial charge in [-0.05, 0) is 20.0 Å². The van der Waals surface area contributed by atoms with Gasteiger partial charge in [-0.25, -0.2) is 0 Å². The maximum atomic E-state index is 12.7. The van der Waals surface area contributed by atoms with Crippen LogP contribution >= 0.6 is 11.3 Å². The van der Waals surface area contributed by atoms with Gasteiger partial charge in [0.1, 0.15) is 4.88 Å². The van der Waals surface area contributed by atoms with Gasteiger partial charge in [0.05, 0.1) is 10.4 Å². The molecule has 2 N–H and O–H groups in total. The van der Waals surface area contributed by atoms with Crippen molar-refractivity contribution >= 4 is 33.0 Å². The number of nitrogens with two attached hydrogens (primary N) is 1. The molecule has 5 nitrogen and oxygen atoms in total. The predicted octanol–water partition coefficient (Wildman–Crippen LogP) is 1.65. The summed E-state index contributed by atoms with van der Waals surface area (Å²) in [6, 6.07) is 2.08. The molecule has 6 heteroatoms. The molecule has 0 spiro atoms. The Kier molecular flexibility index (Phi) is 3.35. The number of hydrogen-bond donors (Lipinski definition) is 1. The van der Waals surface area contributed by atoms with Crippen LogP contribution in [-0.4, -0.2) is 53.4 Å². The zero-order chi connectivity index (χ0) is 14.3. The fourth-order valence-electron chi connectivity index (χ4n) is 2.70. The van der Waals surface area contributed by atoms with Crippen LogP contribution < -0.4 is 5.73 Å². The number of likely N-dealkylation sites (N-methyl/N-ethyl adjacent to an activating group) is 1. The molecule has 0 aromatic carbocycles. The van der Waals surface area contributed by atoms with Crippen molar-refractivity contribution in [1.29, 1.82) is 0 Å². The first-order valence-corrected chi connectivity index (χ1v) is 7.51. The summed E-state index contributed by atoms with van der Waals surface area (Å²) in [4.78, 5) is 21.6. The Morgan fingerprint density at radius 2 is 2.30 bits per heavy atom. The number of rotatable bonds is 1. The van der Waals surface area contributed by atoms with E-state index in [-0.39, 0.29) is 11.9 Å². The molecular weight excluding hydrogens is 272 g/mol.